The predicted molar refractivity (Wildman–Crippen MR) is 160 cm³/mol. The molecule has 9 nitrogen and oxygen atoms in total. The predicted octanol–water partition coefficient (Wildman–Crippen LogP) is 4.29. The van der Waals surface area contributed by atoms with Crippen LogP contribution in [-0.4, -0.2) is 63.4 Å². The lowest BCUT2D eigenvalue weighted by molar-refractivity contribution is -0.129. The van der Waals surface area contributed by atoms with Crippen molar-refractivity contribution in [2.45, 2.75) is 37.2 Å². The van der Waals surface area contributed by atoms with Crippen LogP contribution in [0.5, 0.6) is 11.5 Å². The molecule has 1 N–H and O–H groups in total. The number of para-hydroxylation sites is 2. The standard InChI is InChI=1S/C31H34ClN3O6S/c1-2-40-27-13-12-24(32)20-29(27)42(38,39)34-18-15-23(16-19-34)31(37)35-21-28(41-26-11-7-6-10-25(26)35)30(36)33-17-14-22-8-4-3-5-9-22/h3-13,20,23,28H,2,14-19,21H2,1H3,(H,33,36)/t28-/m1/s1. The summed E-state index contributed by atoms with van der Waals surface area (Å²) in [6, 6.07) is 21.6. The first-order valence-corrected chi connectivity index (χ1v) is 15.9. The molecule has 0 spiro atoms. The molecule has 2 aliphatic heterocycles. The summed E-state index contributed by atoms with van der Waals surface area (Å²) in [5.41, 5.74) is 1.72. The number of hydrogen-bond donors (Lipinski definition) is 1. The van der Waals surface area contributed by atoms with Crippen molar-refractivity contribution in [1.29, 1.82) is 0 Å². The van der Waals surface area contributed by atoms with E-state index in [2.05, 4.69) is 5.32 Å². The van der Waals surface area contributed by atoms with Crippen LogP contribution in [0, 0.1) is 5.92 Å². The lowest BCUT2D eigenvalue weighted by Crippen LogP contribution is -2.53. The zero-order valence-corrected chi connectivity index (χ0v) is 24.9. The minimum atomic E-state index is -3.88. The molecule has 42 heavy (non-hydrogen) atoms. The lowest BCUT2D eigenvalue weighted by Gasteiger charge is -2.38. The van der Waals surface area contributed by atoms with Crippen molar-refractivity contribution in [1.82, 2.24) is 9.62 Å². The van der Waals surface area contributed by atoms with Crippen molar-refractivity contribution in [3.8, 4) is 11.5 Å². The molecule has 2 heterocycles. The van der Waals surface area contributed by atoms with Crippen LogP contribution < -0.4 is 19.7 Å². The fourth-order valence-electron chi connectivity index (χ4n) is 5.33. The van der Waals surface area contributed by atoms with Crippen molar-refractivity contribution in [3.63, 3.8) is 0 Å². The number of carbonyl (C=O) groups excluding carboxylic acids is 2. The first kappa shape index (κ1) is 29.9. The third-order valence-electron chi connectivity index (χ3n) is 7.51. The Hall–Kier alpha value is -3.60. The summed E-state index contributed by atoms with van der Waals surface area (Å²) in [6.45, 7) is 2.96. The van der Waals surface area contributed by atoms with E-state index >= 15 is 0 Å². The Labute approximate surface area is 251 Å². The van der Waals surface area contributed by atoms with Gasteiger partial charge in [0.05, 0.1) is 18.8 Å². The Morgan fingerprint density at radius 2 is 1.74 bits per heavy atom. The minimum absolute atomic E-state index is 0.0184. The molecule has 2 amide bonds. The number of sulfonamides is 1. The molecule has 0 bridgehead atoms. The maximum absolute atomic E-state index is 13.8. The van der Waals surface area contributed by atoms with Crippen molar-refractivity contribution in [2.24, 2.45) is 5.92 Å². The average molecular weight is 612 g/mol. The molecule has 0 saturated carbocycles. The highest BCUT2D eigenvalue weighted by molar-refractivity contribution is 7.89. The maximum Gasteiger partial charge on any atom is 0.262 e. The molecule has 2 aliphatic rings. The number of nitrogens with zero attached hydrogens (tertiary/aromatic N) is 2. The van der Waals surface area contributed by atoms with E-state index < -0.39 is 22.0 Å². The smallest absolute Gasteiger partial charge is 0.262 e. The number of halogens is 1. The summed E-state index contributed by atoms with van der Waals surface area (Å²) in [4.78, 5) is 28.5. The summed E-state index contributed by atoms with van der Waals surface area (Å²) < 4.78 is 39.9. The van der Waals surface area contributed by atoms with Crippen molar-refractivity contribution < 1.29 is 27.5 Å². The third-order valence-corrected chi connectivity index (χ3v) is 9.67. The van der Waals surface area contributed by atoms with Crippen molar-refractivity contribution >= 4 is 39.1 Å². The molecule has 0 radical (unpaired) electrons. The number of rotatable bonds is 9. The molecule has 0 aliphatic carbocycles. The highest BCUT2D eigenvalue weighted by Gasteiger charge is 2.39. The molecular weight excluding hydrogens is 578 g/mol. The Bertz CT molecular complexity index is 1530. The number of benzene rings is 3. The van der Waals surface area contributed by atoms with Crippen LogP contribution in [0.4, 0.5) is 5.69 Å². The van der Waals surface area contributed by atoms with Crippen molar-refractivity contribution in [3.05, 3.63) is 83.4 Å². The molecule has 1 fully saturated rings. The van der Waals surface area contributed by atoms with Gasteiger partial charge in [-0.1, -0.05) is 54.1 Å². The fourth-order valence-corrected chi connectivity index (χ4v) is 7.19. The highest BCUT2D eigenvalue weighted by Crippen LogP contribution is 2.37. The van der Waals surface area contributed by atoms with Gasteiger partial charge >= 0.3 is 0 Å². The van der Waals surface area contributed by atoms with Crippen LogP contribution >= 0.6 is 11.6 Å². The van der Waals surface area contributed by atoms with E-state index in [1.807, 2.05) is 36.4 Å². The van der Waals surface area contributed by atoms with Gasteiger partial charge in [-0.05, 0) is 62.1 Å². The maximum atomic E-state index is 13.8. The van der Waals surface area contributed by atoms with Gasteiger partial charge in [-0.25, -0.2) is 8.42 Å². The quantitative estimate of drug-likeness (QED) is 0.387. The summed E-state index contributed by atoms with van der Waals surface area (Å²) in [5.74, 6) is -0.133. The number of anilines is 1. The molecular formula is C31H34ClN3O6S. The van der Waals surface area contributed by atoms with E-state index in [1.165, 1.54) is 10.4 Å². The van der Waals surface area contributed by atoms with Gasteiger partial charge in [-0.15, -0.1) is 0 Å². The average Bonchev–Trinajstić information content (AvgIpc) is 3.01. The number of piperidine rings is 1. The Morgan fingerprint density at radius 3 is 2.48 bits per heavy atom. The highest BCUT2D eigenvalue weighted by atomic mass is 35.5. The van der Waals surface area contributed by atoms with E-state index in [0.717, 1.165) is 5.56 Å². The first-order valence-electron chi connectivity index (χ1n) is 14.1. The van der Waals surface area contributed by atoms with Crippen LogP contribution in [-0.2, 0) is 26.0 Å². The molecule has 11 heteroatoms. The van der Waals surface area contributed by atoms with Gasteiger partial charge in [0.15, 0.2) is 6.10 Å². The molecule has 222 valence electrons. The normalized spacial score (nSPS) is 17.7. The topological polar surface area (TPSA) is 105 Å². The number of amides is 2. The van der Waals surface area contributed by atoms with Gasteiger partial charge in [-0.3, -0.25) is 9.59 Å². The van der Waals surface area contributed by atoms with Gasteiger partial charge in [0.25, 0.3) is 5.91 Å². The first-order chi connectivity index (χ1) is 20.3. The zero-order valence-electron chi connectivity index (χ0n) is 23.4. The minimum Gasteiger partial charge on any atom is -0.492 e. The van der Waals surface area contributed by atoms with E-state index in [1.54, 1.807) is 42.2 Å². The van der Waals surface area contributed by atoms with E-state index in [-0.39, 0.29) is 42.1 Å². The molecule has 3 aromatic rings. The molecule has 1 saturated heterocycles. The Morgan fingerprint density at radius 1 is 1.02 bits per heavy atom. The number of fused-ring (bicyclic) bond motifs is 1. The largest absolute Gasteiger partial charge is 0.492 e. The van der Waals surface area contributed by atoms with Crippen molar-refractivity contribution in [2.75, 3.05) is 37.7 Å². The van der Waals surface area contributed by atoms with Crippen LogP contribution in [0.25, 0.3) is 0 Å². The van der Waals surface area contributed by atoms with Gasteiger partial charge in [0.2, 0.25) is 15.9 Å². The summed E-state index contributed by atoms with van der Waals surface area (Å²) in [6.07, 6.45) is 0.507. The Kier molecular flexibility index (Phi) is 9.35. The third kappa shape index (κ3) is 6.56. The Balaban J connectivity index is 1.25. The molecule has 0 aromatic heterocycles. The number of ether oxygens (including phenoxy) is 2. The van der Waals surface area contributed by atoms with Gasteiger partial charge in [0.1, 0.15) is 16.4 Å². The summed E-state index contributed by atoms with van der Waals surface area (Å²) >= 11 is 6.12. The second kappa shape index (κ2) is 13.1. The fraction of sp³-hybridized carbons (Fsp3) is 0.355. The van der Waals surface area contributed by atoms with Crippen LogP contribution in [0.15, 0.2) is 77.7 Å². The second-order valence-electron chi connectivity index (χ2n) is 10.3. The van der Waals surface area contributed by atoms with E-state index in [9.17, 15) is 18.0 Å². The molecule has 5 rings (SSSR count). The second-order valence-corrected chi connectivity index (χ2v) is 12.6. The van der Waals surface area contributed by atoms with E-state index in [0.29, 0.717) is 48.9 Å². The number of hydrogen-bond acceptors (Lipinski definition) is 6. The number of carbonyl (C=O) groups is 2. The summed E-state index contributed by atoms with van der Waals surface area (Å²) in [7, 11) is -3.88. The SMILES string of the molecule is CCOc1ccc(Cl)cc1S(=O)(=O)N1CCC(C(=O)N2C[C@H](C(=O)NCCc3ccccc3)Oc3ccccc32)CC1. The zero-order chi connectivity index (χ0) is 29.7. The van der Waals surface area contributed by atoms with Crippen LogP contribution in [0.3, 0.4) is 0 Å². The monoisotopic (exact) mass is 611 g/mol. The van der Waals surface area contributed by atoms with Gasteiger partial charge in [-0.2, -0.15) is 4.31 Å². The molecule has 1 atom stereocenters. The molecule has 0 unspecified atom stereocenters. The van der Waals surface area contributed by atoms with Gasteiger partial charge in [0, 0.05) is 30.6 Å². The number of nitrogens with one attached hydrogen (secondary N) is 1. The van der Waals surface area contributed by atoms with Crippen LogP contribution in [0.1, 0.15) is 25.3 Å². The van der Waals surface area contributed by atoms with Crippen LogP contribution in [0.2, 0.25) is 5.02 Å². The molecule has 3 aromatic carbocycles. The summed E-state index contributed by atoms with van der Waals surface area (Å²) in [5, 5.41) is 3.23. The van der Waals surface area contributed by atoms with Gasteiger partial charge < -0.3 is 19.7 Å². The lowest BCUT2D eigenvalue weighted by atomic mass is 9.95. The van der Waals surface area contributed by atoms with E-state index in [4.69, 9.17) is 21.1 Å².